The van der Waals surface area contributed by atoms with Crippen molar-refractivity contribution in [2.45, 2.75) is 44.2 Å². The third kappa shape index (κ3) is 4.69. The van der Waals surface area contributed by atoms with E-state index in [4.69, 9.17) is 4.74 Å². The SMILES string of the molecule is O=C(CCOc1ccccc1)NC1CCCN(C2Cc3ccccc3C2)C1. The Bertz CT molecular complexity index is 737. The molecule has 27 heavy (non-hydrogen) atoms. The van der Waals surface area contributed by atoms with Crippen LogP contribution in [-0.4, -0.2) is 42.6 Å². The van der Waals surface area contributed by atoms with E-state index in [-0.39, 0.29) is 11.9 Å². The fourth-order valence-electron chi connectivity index (χ4n) is 4.33. The number of rotatable bonds is 6. The molecule has 1 N–H and O–H groups in total. The summed E-state index contributed by atoms with van der Waals surface area (Å²) < 4.78 is 5.63. The third-order valence-corrected chi connectivity index (χ3v) is 5.70. The second-order valence-corrected chi connectivity index (χ2v) is 7.64. The number of carbonyl (C=O) groups is 1. The van der Waals surface area contributed by atoms with E-state index in [2.05, 4.69) is 34.5 Å². The molecule has 2 aliphatic rings. The van der Waals surface area contributed by atoms with Gasteiger partial charge < -0.3 is 10.1 Å². The molecular weight excluding hydrogens is 336 g/mol. The zero-order chi connectivity index (χ0) is 18.5. The molecule has 0 spiro atoms. The third-order valence-electron chi connectivity index (χ3n) is 5.70. The van der Waals surface area contributed by atoms with Crippen molar-refractivity contribution in [1.29, 1.82) is 0 Å². The van der Waals surface area contributed by atoms with Gasteiger partial charge in [-0.3, -0.25) is 9.69 Å². The molecular formula is C23H28N2O2. The maximum atomic E-state index is 12.3. The molecule has 0 bridgehead atoms. The molecule has 4 rings (SSSR count). The molecule has 1 saturated heterocycles. The maximum absolute atomic E-state index is 12.3. The molecule has 2 aromatic rings. The van der Waals surface area contributed by atoms with Crippen molar-refractivity contribution in [2.75, 3.05) is 19.7 Å². The number of para-hydroxylation sites is 1. The summed E-state index contributed by atoms with van der Waals surface area (Å²) in [5.74, 6) is 0.905. The van der Waals surface area contributed by atoms with Gasteiger partial charge in [-0.15, -0.1) is 0 Å². The maximum Gasteiger partial charge on any atom is 0.223 e. The van der Waals surface area contributed by atoms with Crippen LogP contribution in [0.4, 0.5) is 0 Å². The first-order valence-corrected chi connectivity index (χ1v) is 10.1. The first-order valence-electron chi connectivity index (χ1n) is 10.1. The summed E-state index contributed by atoms with van der Waals surface area (Å²) in [5.41, 5.74) is 2.98. The van der Waals surface area contributed by atoms with Gasteiger partial charge in [0.05, 0.1) is 13.0 Å². The molecule has 0 radical (unpaired) electrons. The lowest BCUT2D eigenvalue weighted by Crippen LogP contribution is -2.51. The van der Waals surface area contributed by atoms with Crippen molar-refractivity contribution in [1.82, 2.24) is 10.2 Å². The number of benzene rings is 2. The Kier molecular flexibility index (Phi) is 5.73. The van der Waals surface area contributed by atoms with Gasteiger partial charge in [0.2, 0.25) is 5.91 Å². The molecule has 0 saturated carbocycles. The van der Waals surface area contributed by atoms with E-state index in [0.717, 1.165) is 44.5 Å². The number of nitrogens with one attached hydrogen (secondary N) is 1. The van der Waals surface area contributed by atoms with Crippen molar-refractivity contribution in [2.24, 2.45) is 0 Å². The van der Waals surface area contributed by atoms with Gasteiger partial charge in [0, 0.05) is 18.6 Å². The van der Waals surface area contributed by atoms with Gasteiger partial charge >= 0.3 is 0 Å². The lowest BCUT2D eigenvalue weighted by atomic mass is 10.0. The highest BCUT2D eigenvalue weighted by Crippen LogP contribution is 2.27. The minimum Gasteiger partial charge on any atom is -0.493 e. The Morgan fingerprint density at radius 3 is 2.48 bits per heavy atom. The average molecular weight is 364 g/mol. The van der Waals surface area contributed by atoms with Gasteiger partial charge in [0.1, 0.15) is 5.75 Å². The van der Waals surface area contributed by atoms with Crippen LogP contribution in [0.2, 0.25) is 0 Å². The Balaban J connectivity index is 1.22. The average Bonchev–Trinajstić information content (AvgIpc) is 3.13. The fraction of sp³-hybridized carbons (Fsp3) is 0.435. The number of hydrogen-bond donors (Lipinski definition) is 1. The summed E-state index contributed by atoms with van der Waals surface area (Å²) >= 11 is 0. The molecule has 0 aromatic heterocycles. The van der Waals surface area contributed by atoms with Gasteiger partial charge in [-0.05, 0) is 55.5 Å². The van der Waals surface area contributed by atoms with Gasteiger partial charge in [0.25, 0.3) is 0 Å². The Labute approximate surface area is 161 Å². The lowest BCUT2D eigenvalue weighted by Gasteiger charge is -2.37. The number of ether oxygens (including phenoxy) is 1. The van der Waals surface area contributed by atoms with E-state index < -0.39 is 0 Å². The first-order chi connectivity index (χ1) is 13.3. The summed E-state index contributed by atoms with van der Waals surface area (Å²) in [7, 11) is 0. The predicted molar refractivity (Wildman–Crippen MR) is 107 cm³/mol. The lowest BCUT2D eigenvalue weighted by molar-refractivity contribution is -0.122. The van der Waals surface area contributed by atoms with Crippen molar-refractivity contribution in [3.63, 3.8) is 0 Å². The molecule has 1 aliphatic carbocycles. The van der Waals surface area contributed by atoms with E-state index in [0.29, 0.717) is 19.1 Å². The highest BCUT2D eigenvalue weighted by molar-refractivity contribution is 5.76. The zero-order valence-electron chi connectivity index (χ0n) is 15.8. The van der Waals surface area contributed by atoms with Crippen molar-refractivity contribution in [3.8, 4) is 5.75 Å². The van der Waals surface area contributed by atoms with Crippen molar-refractivity contribution >= 4 is 5.91 Å². The molecule has 1 unspecified atom stereocenters. The van der Waals surface area contributed by atoms with Crippen LogP contribution in [0, 0.1) is 0 Å². The predicted octanol–water partition coefficient (Wildman–Crippen LogP) is 3.20. The van der Waals surface area contributed by atoms with Crippen LogP contribution in [-0.2, 0) is 17.6 Å². The van der Waals surface area contributed by atoms with Gasteiger partial charge in [-0.2, -0.15) is 0 Å². The minimum absolute atomic E-state index is 0.0903. The van der Waals surface area contributed by atoms with Crippen LogP contribution >= 0.6 is 0 Å². The van der Waals surface area contributed by atoms with E-state index >= 15 is 0 Å². The summed E-state index contributed by atoms with van der Waals surface area (Å²) in [6, 6.07) is 19.3. The molecule has 1 fully saturated rings. The number of piperidine rings is 1. The molecule has 2 aromatic carbocycles. The van der Waals surface area contributed by atoms with Crippen LogP contribution in [0.15, 0.2) is 54.6 Å². The number of likely N-dealkylation sites (tertiary alicyclic amines) is 1. The van der Waals surface area contributed by atoms with E-state index in [1.807, 2.05) is 30.3 Å². The Hall–Kier alpha value is -2.33. The largest absolute Gasteiger partial charge is 0.493 e. The smallest absolute Gasteiger partial charge is 0.223 e. The quantitative estimate of drug-likeness (QED) is 0.856. The Morgan fingerprint density at radius 1 is 1.04 bits per heavy atom. The van der Waals surface area contributed by atoms with Crippen LogP contribution in [0.25, 0.3) is 0 Å². The number of fused-ring (bicyclic) bond motifs is 1. The molecule has 4 heteroatoms. The van der Waals surface area contributed by atoms with E-state index in [1.165, 1.54) is 11.1 Å². The van der Waals surface area contributed by atoms with E-state index in [9.17, 15) is 4.79 Å². The normalized spacial score (nSPS) is 20.2. The van der Waals surface area contributed by atoms with Crippen LogP contribution in [0.5, 0.6) is 5.75 Å². The summed E-state index contributed by atoms with van der Waals surface area (Å²) in [4.78, 5) is 14.9. The zero-order valence-corrected chi connectivity index (χ0v) is 15.8. The monoisotopic (exact) mass is 364 g/mol. The summed E-state index contributed by atoms with van der Waals surface area (Å²) in [6.45, 7) is 2.52. The van der Waals surface area contributed by atoms with Crippen LogP contribution in [0.3, 0.4) is 0 Å². The van der Waals surface area contributed by atoms with Gasteiger partial charge in [0.15, 0.2) is 0 Å². The summed E-state index contributed by atoms with van der Waals surface area (Å²) in [5, 5.41) is 3.22. The molecule has 1 amide bonds. The second-order valence-electron chi connectivity index (χ2n) is 7.64. The standard InChI is InChI=1S/C23H28N2O2/c26-23(12-14-27-22-10-2-1-3-11-22)24-20-9-6-13-25(17-20)21-15-18-7-4-5-8-19(18)16-21/h1-5,7-8,10-11,20-21H,6,9,12-17H2,(H,24,26). The highest BCUT2D eigenvalue weighted by atomic mass is 16.5. The van der Waals surface area contributed by atoms with Crippen molar-refractivity contribution < 1.29 is 9.53 Å². The minimum atomic E-state index is 0.0903. The van der Waals surface area contributed by atoms with Crippen molar-refractivity contribution in [3.05, 3.63) is 65.7 Å². The van der Waals surface area contributed by atoms with Crippen LogP contribution in [0.1, 0.15) is 30.4 Å². The van der Waals surface area contributed by atoms with Crippen LogP contribution < -0.4 is 10.1 Å². The molecule has 1 atom stereocenters. The number of amides is 1. The van der Waals surface area contributed by atoms with Gasteiger partial charge in [-0.25, -0.2) is 0 Å². The summed E-state index contributed by atoms with van der Waals surface area (Å²) in [6.07, 6.45) is 4.91. The topological polar surface area (TPSA) is 41.6 Å². The number of hydrogen-bond acceptors (Lipinski definition) is 3. The Morgan fingerprint density at radius 2 is 1.74 bits per heavy atom. The number of carbonyl (C=O) groups excluding carboxylic acids is 1. The van der Waals surface area contributed by atoms with Gasteiger partial charge in [-0.1, -0.05) is 42.5 Å². The molecule has 4 nitrogen and oxygen atoms in total. The molecule has 1 heterocycles. The highest BCUT2D eigenvalue weighted by Gasteiger charge is 2.30. The number of nitrogens with zero attached hydrogens (tertiary/aromatic N) is 1. The fourth-order valence-corrected chi connectivity index (χ4v) is 4.33. The molecule has 1 aliphatic heterocycles. The van der Waals surface area contributed by atoms with E-state index in [1.54, 1.807) is 0 Å². The second kappa shape index (κ2) is 8.57. The first kappa shape index (κ1) is 18.1. The molecule has 142 valence electrons.